The summed E-state index contributed by atoms with van der Waals surface area (Å²) < 4.78 is 0. The molecule has 0 heterocycles. The molecule has 2 aliphatic carbocycles. The molecule has 2 aliphatic rings. The van der Waals surface area contributed by atoms with Crippen LogP contribution in [-0.2, 0) is 0 Å². The lowest BCUT2D eigenvalue weighted by Gasteiger charge is -2.23. The Labute approximate surface area is 81.5 Å². The molecule has 1 heteroatoms. The van der Waals surface area contributed by atoms with E-state index in [0.717, 1.165) is 5.92 Å². The van der Waals surface area contributed by atoms with E-state index in [9.17, 15) is 5.11 Å². The van der Waals surface area contributed by atoms with Gasteiger partial charge in [-0.25, -0.2) is 0 Å². The molecule has 0 saturated heterocycles. The summed E-state index contributed by atoms with van der Waals surface area (Å²) in [6.07, 6.45) is 9.20. The van der Waals surface area contributed by atoms with Crippen molar-refractivity contribution < 1.29 is 5.11 Å². The first-order valence-corrected chi connectivity index (χ1v) is 5.95. The summed E-state index contributed by atoms with van der Waals surface area (Å²) in [6.45, 7) is 2.32. The summed E-state index contributed by atoms with van der Waals surface area (Å²) in [6, 6.07) is 0. The summed E-state index contributed by atoms with van der Waals surface area (Å²) in [5.41, 5.74) is 0. The highest BCUT2D eigenvalue weighted by molar-refractivity contribution is 4.84. The molecule has 1 nitrogen and oxygen atoms in total. The van der Waals surface area contributed by atoms with Gasteiger partial charge in [-0.3, -0.25) is 0 Å². The summed E-state index contributed by atoms with van der Waals surface area (Å²) in [7, 11) is 0. The van der Waals surface area contributed by atoms with E-state index < -0.39 is 0 Å². The van der Waals surface area contributed by atoms with Crippen molar-refractivity contribution in [1.29, 1.82) is 0 Å². The first-order chi connectivity index (χ1) is 6.27. The highest BCUT2D eigenvalue weighted by Gasteiger charge is 2.33. The van der Waals surface area contributed by atoms with Gasteiger partial charge in [0.15, 0.2) is 0 Å². The molecule has 13 heavy (non-hydrogen) atoms. The molecule has 2 saturated carbocycles. The van der Waals surface area contributed by atoms with Crippen LogP contribution in [-0.4, -0.2) is 11.2 Å². The van der Waals surface area contributed by atoms with Gasteiger partial charge in [0.05, 0.1) is 6.10 Å². The predicted molar refractivity (Wildman–Crippen MR) is 54.5 cm³/mol. The molecule has 0 radical (unpaired) electrons. The van der Waals surface area contributed by atoms with Gasteiger partial charge in [0.1, 0.15) is 0 Å². The maximum atomic E-state index is 10.2. The number of hydrogen-bond donors (Lipinski definition) is 1. The average Bonchev–Trinajstić information content (AvgIpc) is 2.72. The van der Waals surface area contributed by atoms with Crippen molar-refractivity contribution in [2.75, 3.05) is 0 Å². The Hall–Kier alpha value is -0.0400. The first-order valence-electron chi connectivity index (χ1n) is 5.95. The molecule has 0 aromatic rings. The van der Waals surface area contributed by atoms with Gasteiger partial charge in [-0.15, -0.1) is 0 Å². The zero-order valence-electron chi connectivity index (χ0n) is 8.71. The first kappa shape index (κ1) is 9.51. The Morgan fingerprint density at radius 1 is 1.00 bits per heavy atom. The van der Waals surface area contributed by atoms with Crippen LogP contribution in [0.2, 0.25) is 0 Å². The van der Waals surface area contributed by atoms with Crippen molar-refractivity contribution in [3.63, 3.8) is 0 Å². The van der Waals surface area contributed by atoms with Gasteiger partial charge < -0.3 is 5.11 Å². The maximum Gasteiger partial charge on any atom is 0.0596 e. The summed E-state index contributed by atoms with van der Waals surface area (Å²) >= 11 is 0. The lowest BCUT2D eigenvalue weighted by molar-refractivity contribution is 0.0538. The van der Waals surface area contributed by atoms with E-state index in [1.807, 2.05) is 0 Å². The van der Waals surface area contributed by atoms with Crippen LogP contribution >= 0.6 is 0 Å². The Kier molecular flexibility index (Phi) is 2.92. The molecule has 1 N–H and O–H groups in total. The Morgan fingerprint density at radius 3 is 2.23 bits per heavy atom. The SMILES string of the molecule is C[C@H]1CC[C@H]([C@H](O)C2CCCC2)C1. The molecule has 0 bridgehead atoms. The second kappa shape index (κ2) is 4.00. The molecule has 0 unspecified atom stereocenters. The zero-order valence-corrected chi connectivity index (χ0v) is 8.71. The van der Waals surface area contributed by atoms with Crippen LogP contribution in [0.15, 0.2) is 0 Å². The van der Waals surface area contributed by atoms with Crippen LogP contribution in [0.1, 0.15) is 51.9 Å². The quantitative estimate of drug-likeness (QED) is 0.696. The van der Waals surface area contributed by atoms with Gasteiger partial charge in [0, 0.05) is 0 Å². The minimum atomic E-state index is 0.0347. The van der Waals surface area contributed by atoms with E-state index >= 15 is 0 Å². The number of aliphatic hydroxyl groups is 1. The van der Waals surface area contributed by atoms with Crippen LogP contribution in [0.4, 0.5) is 0 Å². The van der Waals surface area contributed by atoms with Crippen LogP contribution in [0, 0.1) is 17.8 Å². The van der Waals surface area contributed by atoms with E-state index in [1.54, 1.807) is 0 Å². The van der Waals surface area contributed by atoms with E-state index in [2.05, 4.69) is 6.92 Å². The van der Waals surface area contributed by atoms with Crippen molar-refractivity contribution in [2.24, 2.45) is 17.8 Å². The van der Waals surface area contributed by atoms with Gasteiger partial charge in [0.2, 0.25) is 0 Å². The van der Waals surface area contributed by atoms with Gasteiger partial charge in [-0.2, -0.15) is 0 Å². The third kappa shape index (κ3) is 2.07. The molecule has 2 rings (SSSR count). The van der Waals surface area contributed by atoms with Crippen LogP contribution in [0.3, 0.4) is 0 Å². The van der Waals surface area contributed by atoms with E-state index in [4.69, 9.17) is 0 Å². The number of hydrogen-bond acceptors (Lipinski definition) is 1. The Morgan fingerprint density at radius 2 is 1.69 bits per heavy atom. The third-order valence-electron chi connectivity index (χ3n) is 4.10. The van der Waals surface area contributed by atoms with Gasteiger partial charge >= 0.3 is 0 Å². The summed E-state index contributed by atoms with van der Waals surface area (Å²) in [5.74, 6) is 2.15. The molecular formula is C12H22O. The number of rotatable bonds is 2. The Balaban J connectivity index is 1.85. The van der Waals surface area contributed by atoms with Crippen LogP contribution in [0.5, 0.6) is 0 Å². The van der Waals surface area contributed by atoms with Crippen molar-refractivity contribution >= 4 is 0 Å². The number of aliphatic hydroxyl groups excluding tert-OH is 1. The van der Waals surface area contributed by atoms with Crippen LogP contribution in [0.25, 0.3) is 0 Å². The third-order valence-corrected chi connectivity index (χ3v) is 4.10. The lowest BCUT2D eigenvalue weighted by atomic mass is 9.88. The minimum Gasteiger partial charge on any atom is -0.393 e. The van der Waals surface area contributed by atoms with Crippen molar-refractivity contribution in [2.45, 2.75) is 58.0 Å². The summed E-state index contributed by atoms with van der Waals surface area (Å²) in [4.78, 5) is 0. The fraction of sp³-hybridized carbons (Fsp3) is 1.00. The van der Waals surface area contributed by atoms with Crippen LogP contribution < -0.4 is 0 Å². The lowest BCUT2D eigenvalue weighted by Crippen LogP contribution is -2.25. The summed E-state index contributed by atoms with van der Waals surface area (Å²) in [5, 5.41) is 10.2. The minimum absolute atomic E-state index is 0.0347. The monoisotopic (exact) mass is 182 g/mol. The molecule has 0 aromatic heterocycles. The molecule has 0 spiro atoms. The molecule has 76 valence electrons. The highest BCUT2D eigenvalue weighted by atomic mass is 16.3. The smallest absolute Gasteiger partial charge is 0.0596 e. The van der Waals surface area contributed by atoms with Gasteiger partial charge in [0.25, 0.3) is 0 Å². The normalized spacial score (nSPS) is 38.3. The predicted octanol–water partition coefficient (Wildman–Crippen LogP) is 2.97. The second-order valence-electron chi connectivity index (χ2n) is 5.21. The Bertz CT molecular complexity index is 161. The molecule has 0 aromatic carbocycles. The highest BCUT2D eigenvalue weighted by Crippen LogP contribution is 2.39. The average molecular weight is 182 g/mol. The molecular weight excluding hydrogens is 160 g/mol. The fourth-order valence-corrected chi connectivity index (χ4v) is 3.25. The van der Waals surface area contributed by atoms with Crippen molar-refractivity contribution in [3.8, 4) is 0 Å². The standard InChI is InChI=1S/C12H22O/c1-9-6-7-11(8-9)12(13)10-4-2-3-5-10/h9-13H,2-8H2,1H3/t9-,11-,12+/m0/s1. The van der Waals surface area contributed by atoms with Gasteiger partial charge in [-0.1, -0.05) is 26.2 Å². The molecule has 0 aliphatic heterocycles. The molecule has 2 fully saturated rings. The van der Waals surface area contributed by atoms with E-state index in [0.29, 0.717) is 11.8 Å². The molecule has 0 amide bonds. The maximum absolute atomic E-state index is 10.2. The second-order valence-corrected chi connectivity index (χ2v) is 5.21. The van der Waals surface area contributed by atoms with E-state index in [-0.39, 0.29) is 6.10 Å². The van der Waals surface area contributed by atoms with Crippen molar-refractivity contribution in [3.05, 3.63) is 0 Å². The largest absolute Gasteiger partial charge is 0.393 e. The molecule has 3 atom stereocenters. The van der Waals surface area contributed by atoms with Gasteiger partial charge in [-0.05, 0) is 43.4 Å². The zero-order chi connectivity index (χ0) is 9.26. The fourth-order valence-electron chi connectivity index (χ4n) is 3.25. The van der Waals surface area contributed by atoms with E-state index in [1.165, 1.54) is 44.9 Å². The van der Waals surface area contributed by atoms with Crippen molar-refractivity contribution in [1.82, 2.24) is 0 Å². The topological polar surface area (TPSA) is 20.2 Å².